The number of rotatable bonds is 4. The lowest BCUT2D eigenvalue weighted by Gasteiger charge is -2.39. The molecule has 1 saturated heterocycles. The maximum Gasteiger partial charge on any atom is 0.226 e. The molecule has 7 heteroatoms. The zero-order valence-corrected chi connectivity index (χ0v) is 16.8. The Labute approximate surface area is 162 Å². The Hall–Kier alpha value is -1.60. The maximum absolute atomic E-state index is 12.2. The van der Waals surface area contributed by atoms with E-state index in [2.05, 4.69) is 36.1 Å². The van der Waals surface area contributed by atoms with E-state index in [9.17, 15) is 4.79 Å². The first-order chi connectivity index (χ1) is 12.5. The molecule has 0 aromatic carbocycles. The number of halogens is 1. The molecule has 0 bridgehead atoms. The molecule has 140 valence electrons. The number of nitrogens with one attached hydrogen (secondary N) is 2. The molecule has 2 aliphatic rings. The van der Waals surface area contributed by atoms with Gasteiger partial charge in [0.05, 0.1) is 21.2 Å². The van der Waals surface area contributed by atoms with Crippen LogP contribution in [0.1, 0.15) is 33.1 Å². The van der Waals surface area contributed by atoms with Crippen molar-refractivity contribution >= 4 is 44.2 Å². The van der Waals surface area contributed by atoms with Crippen LogP contribution in [0.25, 0.3) is 11.0 Å². The molecule has 0 spiro atoms. The third-order valence-corrected chi connectivity index (χ3v) is 6.25. The minimum Gasteiger partial charge on any atom is -0.368 e. The number of fused-ring (bicyclic) bond motifs is 1. The van der Waals surface area contributed by atoms with E-state index in [0.717, 1.165) is 52.3 Å². The Morgan fingerprint density at radius 1 is 1.42 bits per heavy atom. The Balaban J connectivity index is 1.68. The summed E-state index contributed by atoms with van der Waals surface area (Å²) in [4.78, 5) is 22.2. The number of piperidine rings is 1. The van der Waals surface area contributed by atoms with Crippen molar-refractivity contribution in [1.82, 2.24) is 9.97 Å². The van der Waals surface area contributed by atoms with Crippen molar-refractivity contribution in [2.24, 2.45) is 23.5 Å². The number of hydrogen-bond donors (Lipinski definition) is 3. The Morgan fingerprint density at radius 3 is 2.85 bits per heavy atom. The number of carbonyl (C=O) groups is 1. The number of pyridine rings is 1. The third-order valence-electron chi connectivity index (χ3n) is 5.67. The van der Waals surface area contributed by atoms with E-state index in [1.54, 1.807) is 0 Å². The first kappa shape index (κ1) is 17.8. The quantitative estimate of drug-likeness (QED) is 0.707. The fourth-order valence-corrected chi connectivity index (χ4v) is 4.60. The van der Waals surface area contributed by atoms with E-state index < -0.39 is 0 Å². The summed E-state index contributed by atoms with van der Waals surface area (Å²) < 4.78 is 0.932. The van der Waals surface area contributed by atoms with Crippen LogP contribution in [0.15, 0.2) is 16.9 Å². The van der Waals surface area contributed by atoms with Crippen molar-refractivity contribution in [2.45, 2.75) is 39.2 Å². The summed E-state index contributed by atoms with van der Waals surface area (Å²) in [5.74, 6) is 1.40. The van der Waals surface area contributed by atoms with Crippen LogP contribution in [0.5, 0.6) is 0 Å². The number of H-pyrrole nitrogens is 1. The summed E-state index contributed by atoms with van der Waals surface area (Å²) >= 11 is 3.67. The van der Waals surface area contributed by atoms with Crippen molar-refractivity contribution in [3.05, 3.63) is 16.9 Å². The van der Waals surface area contributed by atoms with Crippen LogP contribution < -0.4 is 16.0 Å². The molecular weight excluding hydrogens is 394 g/mol. The van der Waals surface area contributed by atoms with Gasteiger partial charge in [0.2, 0.25) is 5.91 Å². The van der Waals surface area contributed by atoms with Crippen LogP contribution in [-0.2, 0) is 4.79 Å². The average molecular weight is 420 g/mol. The number of aromatic amines is 1. The molecule has 1 aliphatic heterocycles. The summed E-state index contributed by atoms with van der Waals surface area (Å²) in [6.45, 7) is 5.60. The molecular formula is C19H26BrN5O. The standard InChI is InChI=1S/C19H26BrN5O/c1-10(2)19(26)24-15-8-23-18-16(15)17(13(20)7-22-18)25-6-5-12(11-3-4-11)14(21)9-25/h7-8,10-12,14H,3-6,9,21H2,1-2H3,(H,22,23)(H,24,26)/t12-,14+/m0/s1. The topological polar surface area (TPSA) is 87.0 Å². The fraction of sp³-hybridized carbons (Fsp3) is 0.579. The van der Waals surface area contributed by atoms with E-state index in [-0.39, 0.29) is 17.9 Å². The summed E-state index contributed by atoms with van der Waals surface area (Å²) in [5.41, 5.74) is 9.15. The highest BCUT2D eigenvalue weighted by atomic mass is 79.9. The lowest BCUT2D eigenvalue weighted by molar-refractivity contribution is -0.118. The number of nitrogens with two attached hydrogens (primary N) is 1. The predicted octanol–water partition coefficient (Wildman–Crippen LogP) is 3.48. The van der Waals surface area contributed by atoms with E-state index in [1.165, 1.54) is 12.8 Å². The average Bonchev–Trinajstić information content (AvgIpc) is 3.36. The van der Waals surface area contributed by atoms with Crippen molar-refractivity contribution in [3.8, 4) is 0 Å². The number of amides is 1. The zero-order valence-electron chi connectivity index (χ0n) is 15.3. The molecule has 1 saturated carbocycles. The Bertz CT molecular complexity index is 829. The molecule has 1 aliphatic carbocycles. The molecule has 2 fully saturated rings. The minimum atomic E-state index is -0.0776. The van der Waals surface area contributed by atoms with Gasteiger partial charge in [0, 0.05) is 37.4 Å². The van der Waals surface area contributed by atoms with Gasteiger partial charge in [0.15, 0.2) is 0 Å². The van der Waals surface area contributed by atoms with Gasteiger partial charge in [0.1, 0.15) is 5.65 Å². The highest BCUT2D eigenvalue weighted by molar-refractivity contribution is 9.10. The number of hydrogen-bond acceptors (Lipinski definition) is 4. The van der Waals surface area contributed by atoms with Gasteiger partial charge in [-0.05, 0) is 47.0 Å². The van der Waals surface area contributed by atoms with Gasteiger partial charge in [-0.2, -0.15) is 0 Å². The second-order valence-corrected chi connectivity index (χ2v) is 8.78. The van der Waals surface area contributed by atoms with E-state index in [1.807, 2.05) is 26.2 Å². The van der Waals surface area contributed by atoms with Crippen LogP contribution in [-0.4, -0.2) is 35.0 Å². The molecule has 6 nitrogen and oxygen atoms in total. The van der Waals surface area contributed by atoms with Gasteiger partial charge in [-0.3, -0.25) is 4.79 Å². The van der Waals surface area contributed by atoms with Gasteiger partial charge < -0.3 is 20.9 Å². The summed E-state index contributed by atoms with van der Waals surface area (Å²) in [6.07, 6.45) is 7.45. The van der Waals surface area contributed by atoms with E-state index in [4.69, 9.17) is 5.73 Å². The summed E-state index contributed by atoms with van der Waals surface area (Å²) in [6, 6.07) is 0.194. The maximum atomic E-state index is 12.2. The van der Waals surface area contributed by atoms with Crippen molar-refractivity contribution in [3.63, 3.8) is 0 Å². The molecule has 2 aromatic heterocycles. The first-order valence-electron chi connectivity index (χ1n) is 9.42. The molecule has 4 N–H and O–H groups in total. The summed E-state index contributed by atoms with van der Waals surface area (Å²) in [5, 5.41) is 3.98. The molecule has 3 heterocycles. The lowest BCUT2D eigenvalue weighted by atomic mass is 9.87. The van der Waals surface area contributed by atoms with Crippen molar-refractivity contribution in [2.75, 3.05) is 23.3 Å². The van der Waals surface area contributed by atoms with E-state index in [0.29, 0.717) is 5.92 Å². The molecule has 2 aromatic rings. The first-order valence-corrected chi connectivity index (χ1v) is 10.2. The highest BCUT2D eigenvalue weighted by Crippen LogP contribution is 2.44. The van der Waals surface area contributed by atoms with Crippen LogP contribution in [0, 0.1) is 17.8 Å². The fourth-order valence-electron chi connectivity index (χ4n) is 4.05. The molecule has 4 rings (SSSR count). The Morgan fingerprint density at radius 2 is 2.19 bits per heavy atom. The number of aromatic nitrogens is 2. The van der Waals surface area contributed by atoms with Crippen LogP contribution in [0.2, 0.25) is 0 Å². The SMILES string of the molecule is CC(C)C(=O)Nc1c[nH]c2ncc(Br)c(N3CC[C@@H](C4CC4)[C@H](N)C3)c12. The normalized spacial score (nSPS) is 23.7. The zero-order chi connectivity index (χ0) is 18.4. The van der Waals surface area contributed by atoms with Gasteiger partial charge in [-0.15, -0.1) is 0 Å². The molecule has 0 unspecified atom stereocenters. The number of nitrogens with zero attached hydrogens (tertiary/aromatic N) is 2. The van der Waals surface area contributed by atoms with Crippen molar-refractivity contribution in [1.29, 1.82) is 0 Å². The van der Waals surface area contributed by atoms with E-state index >= 15 is 0 Å². The minimum absolute atomic E-state index is 0.000897. The Kier molecular flexibility index (Phi) is 4.69. The van der Waals surface area contributed by atoms with Crippen molar-refractivity contribution < 1.29 is 4.79 Å². The highest BCUT2D eigenvalue weighted by Gasteiger charge is 2.38. The third kappa shape index (κ3) is 3.22. The second-order valence-electron chi connectivity index (χ2n) is 7.92. The molecule has 0 radical (unpaired) electrons. The smallest absolute Gasteiger partial charge is 0.226 e. The predicted molar refractivity (Wildman–Crippen MR) is 108 cm³/mol. The number of anilines is 2. The molecule has 1 amide bonds. The van der Waals surface area contributed by atoms with Crippen LogP contribution in [0.3, 0.4) is 0 Å². The largest absolute Gasteiger partial charge is 0.368 e. The van der Waals surface area contributed by atoms with Gasteiger partial charge in [-0.25, -0.2) is 4.98 Å². The molecule has 2 atom stereocenters. The lowest BCUT2D eigenvalue weighted by Crippen LogP contribution is -2.49. The van der Waals surface area contributed by atoms with Gasteiger partial charge >= 0.3 is 0 Å². The van der Waals surface area contributed by atoms with Crippen LogP contribution >= 0.6 is 15.9 Å². The second kappa shape index (κ2) is 6.85. The van der Waals surface area contributed by atoms with Crippen LogP contribution in [0.4, 0.5) is 11.4 Å². The van der Waals surface area contributed by atoms with Gasteiger partial charge in [0.25, 0.3) is 0 Å². The number of carbonyl (C=O) groups excluding carboxylic acids is 1. The molecule has 26 heavy (non-hydrogen) atoms. The monoisotopic (exact) mass is 419 g/mol. The summed E-state index contributed by atoms with van der Waals surface area (Å²) in [7, 11) is 0. The van der Waals surface area contributed by atoms with Gasteiger partial charge in [-0.1, -0.05) is 13.8 Å².